The number of aromatic nitrogens is 2. The number of ether oxygens (including phenoxy) is 2. The van der Waals surface area contributed by atoms with E-state index in [4.69, 9.17) is 41.9 Å². The van der Waals surface area contributed by atoms with Crippen LogP contribution < -0.4 is 20.9 Å². The summed E-state index contributed by atoms with van der Waals surface area (Å²) in [6.45, 7) is 2.26. The van der Waals surface area contributed by atoms with Gasteiger partial charge >= 0.3 is 18.3 Å². The first-order chi connectivity index (χ1) is 17.2. The number of hydrogen-bond acceptors (Lipinski definition) is 9. The largest absolute Gasteiger partial charge is 0.462 e. The molecule has 1 unspecified atom stereocenters. The molecule has 0 radical (unpaired) electrons. The molecular formula is C22H28ClFN3O8PS. The van der Waals surface area contributed by atoms with Gasteiger partial charge in [-0.2, -0.15) is 0 Å². The molecule has 2 aromatic rings. The number of halogens is 2. The predicted octanol–water partition coefficient (Wildman–Crippen LogP) is 2.26. The minimum atomic E-state index is -3.52. The number of aliphatic hydroxyl groups is 1. The second kappa shape index (κ2) is 11.7. The van der Waals surface area contributed by atoms with Crippen molar-refractivity contribution in [3.8, 4) is 5.75 Å². The molecule has 2 heterocycles. The maximum Gasteiger partial charge on any atom is 0.330 e. The summed E-state index contributed by atoms with van der Waals surface area (Å²) >= 11 is 11.5. The average Bonchev–Trinajstić information content (AvgIpc) is 3.03. The van der Waals surface area contributed by atoms with E-state index in [1.807, 2.05) is 4.98 Å². The lowest BCUT2D eigenvalue weighted by atomic mass is 10.1. The number of carbonyl (C=O) groups excluding carboxylic acids is 1. The molecule has 11 nitrogen and oxygen atoms in total. The van der Waals surface area contributed by atoms with Gasteiger partial charge in [-0.05, 0) is 51.6 Å². The average molecular weight is 580 g/mol. The second-order valence-electron chi connectivity index (χ2n) is 8.66. The van der Waals surface area contributed by atoms with Crippen molar-refractivity contribution in [3.05, 3.63) is 62.9 Å². The van der Waals surface area contributed by atoms with Crippen LogP contribution in [0, 0.1) is 6.92 Å². The van der Waals surface area contributed by atoms with Crippen molar-refractivity contribution in [3.63, 3.8) is 0 Å². The molecule has 1 aromatic heterocycles. The van der Waals surface area contributed by atoms with Gasteiger partial charge in [0.25, 0.3) is 10.7 Å². The maximum atomic E-state index is 15.4. The van der Waals surface area contributed by atoms with Crippen LogP contribution in [-0.2, 0) is 30.6 Å². The molecule has 3 rings (SSSR count). The van der Waals surface area contributed by atoms with Crippen LogP contribution in [0.3, 0.4) is 0 Å². The summed E-state index contributed by atoms with van der Waals surface area (Å²) < 4.78 is 38.5. The fourth-order valence-corrected chi connectivity index (χ4v) is 6.09. The van der Waals surface area contributed by atoms with Crippen LogP contribution in [-0.4, -0.2) is 56.7 Å². The number of carbonyl (C=O) groups is 1. The van der Waals surface area contributed by atoms with Gasteiger partial charge in [-0.15, -0.1) is 0 Å². The van der Waals surface area contributed by atoms with E-state index in [2.05, 4.69) is 5.09 Å². The molecule has 15 heteroatoms. The molecule has 3 N–H and O–H groups in total. The minimum absolute atomic E-state index is 0.100. The third-order valence-electron chi connectivity index (χ3n) is 5.21. The number of aryl methyl sites for hydroxylation is 1. The number of para-hydroxylation sites is 1. The highest BCUT2D eigenvalue weighted by molar-refractivity contribution is 8.09. The fraction of sp³-hybridized carbons (Fsp3) is 0.500. The van der Waals surface area contributed by atoms with Crippen molar-refractivity contribution in [1.82, 2.24) is 14.6 Å². The Labute approximate surface area is 222 Å². The summed E-state index contributed by atoms with van der Waals surface area (Å²) in [5, 5.41) is 10.4. The Bertz CT molecular complexity index is 1270. The molecule has 6 atom stereocenters. The van der Waals surface area contributed by atoms with Gasteiger partial charge in [-0.3, -0.25) is 19.1 Å². The Morgan fingerprint density at radius 3 is 2.62 bits per heavy atom. The smallest absolute Gasteiger partial charge is 0.330 e. The van der Waals surface area contributed by atoms with E-state index < -0.39 is 60.1 Å². The number of esters is 1. The topological polar surface area (TPSA) is 141 Å². The summed E-state index contributed by atoms with van der Waals surface area (Å²) in [5.74, 6) is -0.265. The van der Waals surface area contributed by atoms with Gasteiger partial charge < -0.3 is 23.6 Å². The van der Waals surface area contributed by atoms with Gasteiger partial charge in [0.05, 0.1) is 12.7 Å². The number of benzene rings is 1. The van der Waals surface area contributed by atoms with Crippen LogP contribution in [0.25, 0.3) is 0 Å². The van der Waals surface area contributed by atoms with Crippen LogP contribution in [0.5, 0.6) is 5.75 Å². The molecule has 1 saturated heterocycles. The lowest BCUT2D eigenvalue weighted by Crippen LogP contribution is -2.42. The van der Waals surface area contributed by atoms with Crippen molar-refractivity contribution in [2.45, 2.75) is 63.4 Å². The standard InChI is InChI=1S/C22H28ClFN3O8PS/c1-12(2)33-19(30)14(4)26-36(37,35-15-8-6-5-7-9-15)32-11-16-17(28)22(23,24)20(34-16)27-10-13(3)18(29)25-21(27)31/h5-10,12,14,16-17,20,28H,11H2,1-4H3,(H,26,37)(H,25,29,31)/t14-,16+,17+,20+,22-,36?/m0/s1. The van der Waals surface area contributed by atoms with Crippen molar-refractivity contribution in [1.29, 1.82) is 0 Å². The van der Waals surface area contributed by atoms with Gasteiger partial charge in [-0.1, -0.05) is 29.8 Å². The first-order valence-electron chi connectivity index (χ1n) is 11.2. The molecule has 1 aliphatic rings. The number of aliphatic hydroxyl groups excluding tert-OH is 1. The zero-order chi connectivity index (χ0) is 27.5. The first kappa shape index (κ1) is 29.4. The molecule has 1 fully saturated rings. The van der Waals surface area contributed by atoms with E-state index in [0.29, 0.717) is 5.75 Å². The molecule has 0 bridgehead atoms. The molecule has 0 saturated carbocycles. The SMILES string of the molecule is Cc1cn([C@@H]2O[C@H](COP(=S)(N[C@@H](C)C(=O)OC(C)C)Oc3ccccc3)[C@@H](O)[C@@]2(F)Cl)c(=O)[nH]c1=O. The Kier molecular flexibility index (Phi) is 9.33. The van der Waals surface area contributed by atoms with Crippen molar-refractivity contribution >= 4 is 36.0 Å². The summed E-state index contributed by atoms with van der Waals surface area (Å²) in [7, 11) is 0. The van der Waals surface area contributed by atoms with Crippen LogP contribution in [0.1, 0.15) is 32.6 Å². The van der Waals surface area contributed by atoms with Crippen LogP contribution in [0.15, 0.2) is 46.1 Å². The molecule has 37 heavy (non-hydrogen) atoms. The fourth-order valence-electron chi connectivity index (χ4n) is 3.37. The monoisotopic (exact) mass is 579 g/mol. The van der Waals surface area contributed by atoms with Gasteiger partial charge in [0.2, 0.25) is 0 Å². The van der Waals surface area contributed by atoms with E-state index in [-0.39, 0.29) is 11.7 Å². The third kappa shape index (κ3) is 7.05. The van der Waals surface area contributed by atoms with Crippen LogP contribution in [0.2, 0.25) is 0 Å². The quantitative estimate of drug-likeness (QED) is 0.218. The number of H-pyrrole nitrogens is 1. The molecule has 0 spiro atoms. The van der Waals surface area contributed by atoms with E-state index in [1.165, 1.54) is 13.8 Å². The molecule has 204 valence electrons. The van der Waals surface area contributed by atoms with Crippen molar-refractivity contribution < 1.29 is 32.8 Å². The number of rotatable bonds is 10. The van der Waals surface area contributed by atoms with E-state index in [9.17, 15) is 19.5 Å². The van der Waals surface area contributed by atoms with E-state index in [1.54, 1.807) is 44.2 Å². The number of alkyl halides is 2. The Morgan fingerprint density at radius 1 is 1.35 bits per heavy atom. The number of nitrogens with zero attached hydrogens (tertiary/aromatic N) is 1. The van der Waals surface area contributed by atoms with Gasteiger partial charge in [-0.25, -0.2) is 14.3 Å². The normalized spacial score (nSPS) is 26.0. The maximum absolute atomic E-state index is 15.4. The third-order valence-corrected chi connectivity index (χ3v) is 8.12. The lowest BCUT2D eigenvalue weighted by Gasteiger charge is -2.28. The molecule has 1 aromatic carbocycles. The number of nitrogens with one attached hydrogen (secondary N) is 2. The van der Waals surface area contributed by atoms with Gasteiger partial charge in [0, 0.05) is 11.8 Å². The highest BCUT2D eigenvalue weighted by atomic mass is 35.5. The zero-order valence-electron chi connectivity index (χ0n) is 20.4. The summed E-state index contributed by atoms with van der Waals surface area (Å²) in [6.07, 6.45) is -4.44. The van der Waals surface area contributed by atoms with Crippen LogP contribution >= 0.6 is 18.2 Å². The number of aromatic amines is 1. The van der Waals surface area contributed by atoms with E-state index in [0.717, 1.165) is 10.8 Å². The zero-order valence-corrected chi connectivity index (χ0v) is 22.9. The second-order valence-corrected chi connectivity index (χ2v) is 12.4. The Morgan fingerprint density at radius 2 is 2.00 bits per heavy atom. The van der Waals surface area contributed by atoms with Gasteiger partial charge in [0.1, 0.15) is 24.0 Å². The minimum Gasteiger partial charge on any atom is -0.462 e. The molecule has 0 amide bonds. The number of hydrogen-bond donors (Lipinski definition) is 3. The lowest BCUT2D eigenvalue weighted by molar-refractivity contribution is -0.149. The Hall–Kier alpha value is -2.12. The Balaban J connectivity index is 1.82. The highest BCUT2D eigenvalue weighted by Gasteiger charge is 2.58. The summed E-state index contributed by atoms with van der Waals surface area (Å²) in [4.78, 5) is 38.3. The molecule has 0 aliphatic carbocycles. The predicted molar refractivity (Wildman–Crippen MR) is 137 cm³/mol. The molecular weight excluding hydrogens is 552 g/mol. The van der Waals surface area contributed by atoms with Crippen LogP contribution in [0.4, 0.5) is 4.39 Å². The summed E-state index contributed by atoms with van der Waals surface area (Å²) in [6, 6.07) is 7.48. The van der Waals surface area contributed by atoms with Crippen molar-refractivity contribution in [2.75, 3.05) is 6.61 Å². The highest BCUT2D eigenvalue weighted by Crippen LogP contribution is 2.48. The first-order valence-corrected chi connectivity index (χ1v) is 14.3. The summed E-state index contributed by atoms with van der Waals surface area (Å²) in [5.41, 5.74) is -1.54. The van der Waals surface area contributed by atoms with Crippen molar-refractivity contribution in [2.24, 2.45) is 0 Å². The van der Waals surface area contributed by atoms with Gasteiger partial charge in [0.15, 0.2) is 6.23 Å². The molecule has 1 aliphatic heterocycles. The van der Waals surface area contributed by atoms with E-state index >= 15 is 4.39 Å².